The second kappa shape index (κ2) is 9.52. The molecule has 25 heavy (non-hydrogen) atoms. The average Bonchev–Trinajstić information content (AvgIpc) is 2.87. The van der Waals surface area contributed by atoms with Crippen LogP contribution in [0.1, 0.15) is 56.3 Å². The molecule has 4 nitrogen and oxygen atoms in total. The van der Waals surface area contributed by atoms with Gasteiger partial charge in [-0.25, -0.2) is 4.79 Å². The van der Waals surface area contributed by atoms with E-state index in [0.717, 1.165) is 19.3 Å². The number of hydrogen-bond donors (Lipinski definition) is 1. The smallest absolute Gasteiger partial charge is 0.338 e. The van der Waals surface area contributed by atoms with Gasteiger partial charge in [0.2, 0.25) is 0 Å². The first-order valence-electron chi connectivity index (χ1n) is 9.18. The van der Waals surface area contributed by atoms with E-state index in [1.807, 2.05) is 19.1 Å². The summed E-state index contributed by atoms with van der Waals surface area (Å²) < 4.78 is 5.62. The summed E-state index contributed by atoms with van der Waals surface area (Å²) in [5, 5.41) is 10.2. The van der Waals surface area contributed by atoms with Gasteiger partial charge in [-0.2, -0.15) is 0 Å². The Kier molecular flexibility index (Phi) is 7.38. The molecule has 0 spiro atoms. The molecular weight excluding hydrogens is 316 g/mol. The Morgan fingerprint density at radius 2 is 1.96 bits per heavy atom. The predicted octanol–water partition coefficient (Wildman–Crippen LogP) is 3.93. The minimum Gasteiger partial charge on any atom is -0.458 e. The minimum atomic E-state index is -0.529. The van der Waals surface area contributed by atoms with Gasteiger partial charge in [0.25, 0.3) is 0 Å². The second-order valence-electron chi connectivity index (χ2n) is 6.83. The molecule has 136 valence electrons. The number of carbonyl (C=O) groups excluding carboxylic acids is 2. The average molecular weight is 344 g/mol. The van der Waals surface area contributed by atoms with E-state index in [9.17, 15) is 14.7 Å². The van der Waals surface area contributed by atoms with Crippen molar-refractivity contribution in [3.8, 4) is 0 Å². The summed E-state index contributed by atoms with van der Waals surface area (Å²) in [4.78, 5) is 24.2. The van der Waals surface area contributed by atoms with Gasteiger partial charge in [-0.15, -0.1) is 0 Å². The molecule has 1 aliphatic carbocycles. The highest BCUT2D eigenvalue weighted by atomic mass is 16.5. The van der Waals surface area contributed by atoms with E-state index in [4.69, 9.17) is 4.74 Å². The first-order valence-corrected chi connectivity index (χ1v) is 9.18. The first-order chi connectivity index (χ1) is 12.0. The molecular formula is C21H28O4. The Morgan fingerprint density at radius 1 is 1.24 bits per heavy atom. The molecule has 1 fully saturated rings. The number of allylic oxidation sites excluding steroid dienone is 1. The number of esters is 1. The van der Waals surface area contributed by atoms with Gasteiger partial charge in [-0.3, -0.25) is 4.79 Å². The van der Waals surface area contributed by atoms with Crippen molar-refractivity contribution in [1.29, 1.82) is 0 Å². The number of ether oxygens (including phenoxy) is 1. The normalized spacial score (nSPS) is 26.0. The molecule has 0 heterocycles. The number of unbranched alkanes of at least 4 members (excludes halogenated alkanes) is 2. The Hall–Kier alpha value is -1.94. The molecule has 1 aliphatic rings. The molecule has 0 saturated heterocycles. The third-order valence-electron chi connectivity index (χ3n) is 4.92. The third kappa shape index (κ3) is 5.53. The SMILES string of the molecule is CCCCCC(=O)/C=C/[C@@H]1C(C)[C@@H](O)C[C@H]1OC(=O)c1ccccc1. The van der Waals surface area contributed by atoms with Crippen LogP contribution in [-0.2, 0) is 9.53 Å². The van der Waals surface area contributed by atoms with Gasteiger partial charge in [0.1, 0.15) is 6.10 Å². The van der Waals surface area contributed by atoms with Gasteiger partial charge >= 0.3 is 5.97 Å². The molecule has 2 rings (SSSR count). The highest BCUT2D eigenvalue weighted by molar-refractivity contribution is 5.90. The zero-order valence-electron chi connectivity index (χ0n) is 15.1. The standard InChI is InChI=1S/C21H28O4/c1-3-4-6-11-17(22)12-13-18-15(2)19(23)14-20(18)25-21(24)16-9-7-5-8-10-16/h5,7-10,12-13,15,18-20,23H,3-4,6,11,14H2,1-2H3/b13-12+/t15?,18-,19+,20-/m1/s1. The van der Waals surface area contributed by atoms with Crippen molar-refractivity contribution in [1.82, 2.24) is 0 Å². The van der Waals surface area contributed by atoms with Gasteiger partial charge < -0.3 is 9.84 Å². The van der Waals surface area contributed by atoms with Crippen molar-refractivity contribution in [2.24, 2.45) is 11.8 Å². The predicted molar refractivity (Wildman–Crippen MR) is 97.2 cm³/mol. The second-order valence-corrected chi connectivity index (χ2v) is 6.83. The maximum absolute atomic E-state index is 12.3. The van der Waals surface area contributed by atoms with E-state index in [-0.39, 0.29) is 23.6 Å². The van der Waals surface area contributed by atoms with Crippen molar-refractivity contribution in [3.05, 3.63) is 48.0 Å². The lowest BCUT2D eigenvalue weighted by molar-refractivity contribution is -0.114. The minimum absolute atomic E-state index is 0.0479. The number of aliphatic hydroxyl groups excluding tert-OH is 1. The van der Waals surface area contributed by atoms with E-state index >= 15 is 0 Å². The van der Waals surface area contributed by atoms with Crippen molar-refractivity contribution < 1.29 is 19.4 Å². The maximum Gasteiger partial charge on any atom is 0.338 e. The monoisotopic (exact) mass is 344 g/mol. The summed E-state index contributed by atoms with van der Waals surface area (Å²) in [7, 11) is 0. The van der Waals surface area contributed by atoms with Crippen molar-refractivity contribution in [2.45, 2.75) is 58.2 Å². The summed E-state index contributed by atoms with van der Waals surface area (Å²) in [5.41, 5.74) is 0.495. The number of hydrogen-bond acceptors (Lipinski definition) is 4. The van der Waals surface area contributed by atoms with E-state index in [2.05, 4.69) is 6.92 Å². The van der Waals surface area contributed by atoms with Crippen LogP contribution < -0.4 is 0 Å². The van der Waals surface area contributed by atoms with Crippen LogP contribution in [0.3, 0.4) is 0 Å². The molecule has 1 N–H and O–H groups in total. The van der Waals surface area contributed by atoms with Crippen molar-refractivity contribution in [2.75, 3.05) is 0 Å². The Morgan fingerprint density at radius 3 is 2.64 bits per heavy atom. The lowest BCUT2D eigenvalue weighted by Gasteiger charge is -2.19. The lowest BCUT2D eigenvalue weighted by atomic mass is 9.94. The number of rotatable bonds is 8. The molecule has 0 radical (unpaired) electrons. The summed E-state index contributed by atoms with van der Waals surface area (Å²) in [6, 6.07) is 8.83. The van der Waals surface area contributed by atoms with Crippen LogP contribution in [0, 0.1) is 11.8 Å². The Balaban J connectivity index is 1.99. The topological polar surface area (TPSA) is 63.6 Å². The molecule has 4 atom stereocenters. The fourth-order valence-corrected chi connectivity index (χ4v) is 3.26. The molecule has 0 aromatic heterocycles. The number of carbonyl (C=O) groups is 2. The molecule has 0 bridgehead atoms. The fourth-order valence-electron chi connectivity index (χ4n) is 3.26. The molecule has 1 saturated carbocycles. The molecule has 4 heteroatoms. The summed E-state index contributed by atoms with van der Waals surface area (Å²) in [6.45, 7) is 4.03. The van der Waals surface area contributed by atoms with Crippen LogP contribution in [0.2, 0.25) is 0 Å². The summed E-state index contributed by atoms with van der Waals surface area (Å²) in [5.74, 6) is -0.485. The molecule has 0 amide bonds. The van der Waals surface area contributed by atoms with Gasteiger partial charge in [-0.05, 0) is 30.5 Å². The Labute approximate surface area is 149 Å². The van der Waals surface area contributed by atoms with Gasteiger partial charge in [-0.1, -0.05) is 51.0 Å². The highest BCUT2D eigenvalue weighted by Crippen LogP contribution is 2.35. The number of aliphatic hydroxyl groups is 1. The molecule has 1 aromatic rings. The molecule has 0 aliphatic heterocycles. The van der Waals surface area contributed by atoms with E-state index in [0.29, 0.717) is 18.4 Å². The van der Waals surface area contributed by atoms with Crippen LogP contribution in [0.5, 0.6) is 0 Å². The largest absolute Gasteiger partial charge is 0.458 e. The van der Waals surface area contributed by atoms with Crippen molar-refractivity contribution in [3.63, 3.8) is 0 Å². The fraction of sp³-hybridized carbons (Fsp3) is 0.524. The third-order valence-corrected chi connectivity index (χ3v) is 4.92. The van der Waals surface area contributed by atoms with Crippen LogP contribution in [0.25, 0.3) is 0 Å². The molecule has 1 aromatic carbocycles. The van der Waals surface area contributed by atoms with Crippen LogP contribution in [0.4, 0.5) is 0 Å². The van der Waals surface area contributed by atoms with Gasteiger partial charge in [0, 0.05) is 18.8 Å². The lowest BCUT2D eigenvalue weighted by Crippen LogP contribution is -2.23. The Bertz CT molecular complexity index is 593. The quantitative estimate of drug-likeness (QED) is 0.441. The zero-order chi connectivity index (χ0) is 18.2. The van der Waals surface area contributed by atoms with Crippen LogP contribution in [0.15, 0.2) is 42.5 Å². The molecule has 1 unspecified atom stereocenters. The maximum atomic E-state index is 12.3. The van der Waals surface area contributed by atoms with E-state index < -0.39 is 12.2 Å². The summed E-state index contributed by atoms with van der Waals surface area (Å²) >= 11 is 0. The number of benzene rings is 1. The van der Waals surface area contributed by atoms with E-state index in [1.54, 1.807) is 30.3 Å². The summed E-state index contributed by atoms with van der Waals surface area (Å²) in [6.07, 6.45) is 6.46. The van der Waals surface area contributed by atoms with Crippen molar-refractivity contribution >= 4 is 11.8 Å². The van der Waals surface area contributed by atoms with Gasteiger partial charge in [0.05, 0.1) is 11.7 Å². The first kappa shape index (κ1) is 19.4. The van der Waals surface area contributed by atoms with Gasteiger partial charge in [0.15, 0.2) is 5.78 Å². The zero-order valence-corrected chi connectivity index (χ0v) is 15.1. The van der Waals surface area contributed by atoms with E-state index in [1.165, 1.54) is 0 Å². The van der Waals surface area contributed by atoms with Crippen LogP contribution in [-0.4, -0.2) is 29.1 Å². The highest BCUT2D eigenvalue weighted by Gasteiger charge is 2.40. The number of ketones is 1. The van der Waals surface area contributed by atoms with Crippen LogP contribution >= 0.6 is 0 Å².